The topological polar surface area (TPSA) is 29.5 Å². The first kappa shape index (κ1) is 14.7. The fourth-order valence-corrected chi connectivity index (χ4v) is 2.07. The molecule has 3 heteroatoms. The number of Topliss-reactive ketones (excluding diaryl/α,β-unsaturated/α-hetero) is 1. The molecule has 1 rings (SSSR count). The number of hydrogen-bond donors (Lipinski definition) is 0. The molecule has 0 radical (unpaired) electrons. The van der Waals surface area contributed by atoms with E-state index in [-0.39, 0.29) is 5.78 Å². The lowest BCUT2D eigenvalue weighted by Crippen LogP contribution is -2.31. The zero-order chi connectivity index (χ0) is 13.4. The number of carbonyl (C=O) groups excluding carboxylic acids is 1. The Balaban J connectivity index is 2.73. The van der Waals surface area contributed by atoms with Crippen LogP contribution in [0, 0.1) is 0 Å². The normalized spacial score (nSPS) is 10.7. The predicted octanol–water partition coefficient (Wildman–Crippen LogP) is 3.00. The van der Waals surface area contributed by atoms with Crippen LogP contribution in [-0.2, 0) is 0 Å². The van der Waals surface area contributed by atoms with Crippen molar-refractivity contribution < 1.29 is 9.53 Å². The fraction of sp³-hybridized carbons (Fsp3) is 0.533. The van der Waals surface area contributed by atoms with Crippen LogP contribution in [0.4, 0.5) is 0 Å². The molecular formula is C15H23NO2. The number of ether oxygens (including phenoxy) is 1. The number of benzene rings is 1. The van der Waals surface area contributed by atoms with E-state index >= 15 is 0 Å². The zero-order valence-electron chi connectivity index (χ0n) is 11.6. The van der Waals surface area contributed by atoms with Gasteiger partial charge in [-0.05, 0) is 38.1 Å². The summed E-state index contributed by atoms with van der Waals surface area (Å²) in [5, 5.41) is 0. The minimum absolute atomic E-state index is 0.134. The summed E-state index contributed by atoms with van der Waals surface area (Å²) in [4.78, 5) is 14.5. The SMILES string of the molecule is CCCN(CCC)CC(=O)c1ccccc1OC. The van der Waals surface area contributed by atoms with E-state index in [0.717, 1.165) is 25.9 Å². The Morgan fingerprint density at radius 1 is 1.17 bits per heavy atom. The van der Waals surface area contributed by atoms with Crippen LogP contribution in [0.2, 0.25) is 0 Å². The molecule has 3 nitrogen and oxygen atoms in total. The molecule has 0 heterocycles. The second-order valence-electron chi connectivity index (χ2n) is 4.40. The van der Waals surface area contributed by atoms with Crippen LogP contribution in [0.1, 0.15) is 37.0 Å². The van der Waals surface area contributed by atoms with Crippen molar-refractivity contribution in [1.29, 1.82) is 0 Å². The van der Waals surface area contributed by atoms with Gasteiger partial charge in [-0.25, -0.2) is 0 Å². The lowest BCUT2D eigenvalue weighted by atomic mass is 10.1. The van der Waals surface area contributed by atoms with E-state index in [1.54, 1.807) is 7.11 Å². The van der Waals surface area contributed by atoms with Crippen molar-refractivity contribution in [2.24, 2.45) is 0 Å². The van der Waals surface area contributed by atoms with Crippen molar-refractivity contribution in [2.45, 2.75) is 26.7 Å². The van der Waals surface area contributed by atoms with Crippen molar-refractivity contribution in [1.82, 2.24) is 4.90 Å². The number of hydrogen-bond acceptors (Lipinski definition) is 3. The molecule has 0 aromatic heterocycles. The highest BCUT2D eigenvalue weighted by Crippen LogP contribution is 2.18. The van der Waals surface area contributed by atoms with Crippen molar-refractivity contribution in [3.8, 4) is 5.75 Å². The third-order valence-electron chi connectivity index (χ3n) is 2.85. The summed E-state index contributed by atoms with van der Waals surface area (Å²) in [7, 11) is 1.60. The van der Waals surface area contributed by atoms with Gasteiger partial charge in [0.15, 0.2) is 5.78 Å². The molecule has 1 aromatic carbocycles. The minimum Gasteiger partial charge on any atom is -0.496 e. The Bertz CT molecular complexity index is 371. The molecule has 0 atom stereocenters. The van der Waals surface area contributed by atoms with E-state index in [2.05, 4.69) is 18.7 Å². The van der Waals surface area contributed by atoms with Crippen LogP contribution in [0.5, 0.6) is 5.75 Å². The maximum atomic E-state index is 12.3. The van der Waals surface area contributed by atoms with Crippen LogP contribution < -0.4 is 4.74 Å². The highest BCUT2D eigenvalue weighted by Gasteiger charge is 2.14. The number of carbonyl (C=O) groups is 1. The molecular weight excluding hydrogens is 226 g/mol. The summed E-state index contributed by atoms with van der Waals surface area (Å²) in [6.45, 7) is 6.68. The Morgan fingerprint density at radius 3 is 2.33 bits per heavy atom. The number of nitrogens with zero attached hydrogens (tertiary/aromatic N) is 1. The molecule has 1 aromatic rings. The lowest BCUT2D eigenvalue weighted by molar-refractivity contribution is 0.0927. The van der Waals surface area contributed by atoms with Gasteiger partial charge in [0.2, 0.25) is 0 Å². The molecule has 0 bridgehead atoms. The molecule has 0 saturated carbocycles. The Labute approximate surface area is 110 Å². The molecule has 0 amide bonds. The smallest absolute Gasteiger partial charge is 0.180 e. The van der Waals surface area contributed by atoms with E-state index in [9.17, 15) is 4.79 Å². The van der Waals surface area contributed by atoms with E-state index in [0.29, 0.717) is 17.9 Å². The summed E-state index contributed by atoms with van der Waals surface area (Å²) >= 11 is 0. The lowest BCUT2D eigenvalue weighted by Gasteiger charge is -2.20. The van der Waals surface area contributed by atoms with Gasteiger partial charge in [-0.2, -0.15) is 0 Å². The molecule has 0 aliphatic heterocycles. The minimum atomic E-state index is 0.134. The summed E-state index contributed by atoms with van der Waals surface area (Å²) in [5.74, 6) is 0.796. The first-order chi connectivity index (χ1) is 8.72. The van der Waals surface area contributed by atoms with Gasteiger partial charge >= 0.3 is 0 Å². The Hall–Kier alpha value is -1.35. The van der Waals surface area contributed by atoms with Gasteiger partial charge in [0.1, 0.15) is 5.75 Å². The van der Waals surface area contributed by atoms with Gasteiger partial charge < -0.3 is 4.74 Å². The van der Waals surface area contributed by atoms with E-state index < -0.39 is 0 Å². The maximum Gasteiger partial charge on any atom is 0.180 e. The number of methoxy groups -OCH3 is 1. The highest BCUT2D eigenvalue weighted by atomic mass is 16.5. The van der Waals surface area contributed by atoms with Crippen molar-refractivity contribution in [2.75, 3.05) is 26.7 Å². The van der Waals surface area contributed by atoms with Gasteiger partial charge in [-0.3, -0.25) is 9.69 Å². The first-order valence-electron chi connectivity index (χ1n) is 6.61. The summed E-state index contributed by atoms with van der Waals surface area (Å²) in [6.07, 6.45) is 2.14. The average molecular weight is 249 g/mol. The number of ketones is 1. The molecule has 18 heavy (non-hydrogen) atoms. The molecule has 0 saturated heterocycles. The molecule has 0 N–H and O–H groups in total. The van der Waals surface area contributed by atoms with Gasteiger partial charge in [0.05, 0.1) is 19.2 Å². The third-order valence-corrected chi connectivity index (χ3v) is 2.85. The Kier molecular flexibility index (Phi) is 6.44. The second kappa shape index (κ2) is 7.88. The standard InChI is InChI=1S/C15H23NO2/c1-4-10-16(11-5-2)12-14(17)13-8-6-7-9-15(13)18-3/h6-9H,4-5,10-12H2,1-3H3. The molecule has 0 unspecified atom stereocenters. The van der Waals surface area contributed by atoms with Crippen LogP contribution in [-0.4, -0.2) is 37.4 Å². The van der Waals surface area contributed by atoms with Gasteiger partial charge in [0.25, 0.3) is 0 Å². The molecule has 100 valence electrons. The Morgan fingerprint density at radius 2 is 1.78 bits per heavy atom. The molecule has 0 fully saturated rings. The van der Waals surface area contributed by atoms with Gasteiger partial charge in [-0.1, -0.05) is 26.0 Å². The molecule has 0 spiro atoms. The quantitative estimate of drug-likeness (QED) is 0.663. The maximum absolute atomic E-state index is 12.3. The van der Waals surface area contributed by atoms with Gasteiger partial charge in [-0.15, -0.1) is 0 Å². The van der Waals surface area contributed by atoms with E-state index in [4.69, 9.17) is 4.74 Å². The van der Waals surface area contributed by atoms with Crippen molar-refractivity contribution in [3.63, 3.8) is 0 Å². The van der Waals surface area contributed by atoms with E-state index in [1.807, 2.05) is 24.3 Å². The van der Waals surface area contributed by atoms with Crippen molar-refractivity contribution >= 4 is 5.78 Å². The van der Waals surface area contributed by atoms with E-state index in [1.165, 1.54) is 0 Å². The third kappa shape index (κ3) is 4.15. The summed E-state index contributed by atoms with van der Waals surface area (Å²) < 4.78 is 5.23. The molecule has 0 aliphatic rings. The monoisotopic (exact) mass is 249 g/mol. The average Bonchev–Trinajstić information content (AvgIpc) is 2.39. The fourth-order valence-electron chi connectivity index (χ4n) is 2.07. The predicted molar refractivity (Wildman–Crippen MR) is 74.3 cm³/mol. The van der Waals surface area contributed by atoms with Crippen LogP contribution >= 0.6 is 0 Å². The van der Waals surface area contributed by atoms with Crippen LogP contribution in [0.3, 0.4) is 0 Å². The summed E-state index contributed by atoms with van der Waals surface area (Å²) in [6, 6.07) is 7.42. The highest BCUT2D eigenvalue weighted by molar-refractivity contribution is 6.00. The van der Waals surface area contributed by atoms with Gasteiger partial charge in [0, 0.05) is 0 Å². The van der Waals surface area contributed by atoms with Crippen LogP contribution in [0.15, 0.2) is 24.3 Å². The largest absolute Gasteiger partial charge is 0.496 e. The molecule has 0 aliphatic carbocycles. The van der Waals surface area contributed by atoms with Crippen molar-refractivity contribution in [3.05, 3.63) is 29.8 Å². The second-order valence-corrected chi connectivity index (χ2v) is 4.40. The number of para-hydroxylation sites is 1. The zero-order valence-corrected chi connectivity index (χ0v) is 11.6. The number of rotatable bonds is 8. The van der Waals surface area contributed by atoms with Crippen LogP contribution in [0.25, 0.3) is 0 Å². The first-order valence-corrected chi connectivity index (χ1v) is 6.61. The summed E-state index contributed by atoms with van der Waals surface area (Å²) in [5.41, 5.74) is 0.678.